The first-order valence-corrected chi connectivity index (χ1v) is 6.23. The second kappa shape index (κ2) is 4.86. The number of halogens is 3. The lowest BCUT2D eigenvalue weighted by atomic mass is 10.2. The van der Waals surface area contributed by atoms with Crippen molar-refractivity contribution in [3.05, 3.63) is 23.8 Å². The topological polar surface area (TPSA) is 67.2 Å². The summed E-state index contributed by atoms with van der Waals surface area (Å²) < 4.78 is 66.2. The van der Waals surface area contributed by atoms with Gasteiger partial charge in [-0.15, -0.1) is 0 Å². The van der Waals surface area contributed by atoms with E-state index in [1.807, 2.05) is 0 Å². The molecule has 4 nitrogen and oxygen atoms in total. The fraction of sp³-hybridized carbons (Fsp3) is 0.300. The molecule has 0 aromatic heterocycles. The quantitative estimate of drug-likeness (QED) is 0.848. The number of hydrogen-bond donors (Lipinski definition) is 0. The maximum Gasteiger partial charge on any atom is 0.417 e. The molecule has 8 heteroatoms. The molecule has 0 spiro atoms. The summed E-state index contributed by atoms with van der Waals surface area (Å²) in [6, 6.07) is 4.09. The van der Waals surface area contributed by atoms with Crippen molar-refractivity contribution in [1.29, 1.82) is 5.26 Å². The molecular formula is C10H8F3NO3S. The van der Waals surface area contributed by atoms with Gasteiger partial charge in [-0.25, -0.2) is 8.42 Å². The summed E-state index contributed by atoms with van der Waals surface area (Å²) >= 11 is 0. The molecule has 0 heterocycles. The third-order valence-corrected chi connectivity index (χ3v) is 3.62. The van der Waals surface area contributed by atoms with Gasteiger partial charge in [-0.1, -0.05) is 6.07 Å². The summed E-state index contributed by atoms with van der Waals surface area (Å²) in [4.78, 5) is -0.999. The Morgan fingerprint density at radius 3 is 2.44 bits per heavy atom. The zero-order valence-electron chi connectivity index (χ0n) is 9.15. The number of methoxy groups -OCH3 is 1. The molecule has 98 valence electrons. The van der Waals surface area contributed by atoms with Gasteiger partial charge >= 0.3 is 6.18 Å². The van der Waals surface area contributed by atoms with Gasteiger partial charge in [0.1, 0.15) is 16.4 Å². The number of ether oxygens (including phenoxy) is 1. The van der Waals surface area contributed by atoms with Crippen molar-refractivity contribution < 1.29 is 26.3 Å². The maximum atomic E-state index is 12.7. The minimum absolute atomic E-state index is 0.430. The Balaban J connectivity index is 3.64. The number of benzene rings is 1. The molecule has 0 radical (unpaired) electrons. The highest BCUT2D eigenvalue weighted by Crippen LogP contribution is 2.38. The van der Waals surface area contributed by atoms with E-state index in [9.17, 15) is 21.6 Å². The summed E-state index contributed by atoms with van der Waals surface area (Å²) in [5.41, 5.74) is -1.34. The van der Waals surface area contributed by atoms with Crippen molar-refractivity contribution >= 4 is 9.84 Å². The average Bonchev–Trinajstić information content (AvgIpc) is 2.26. The standard InChI is InChI=1S/C10H8F3NO3S/c1-17-8-4-2-3-7(10(11,12)13)9(8)18(15,16)6-5-14/h2-4H,6H2,1H3. The minimum atomic E-state index is -4.84. The molecule has 0 amide bonds. The normalized spacial score (nSPS) is 11.9. The molecule has 0 saturated carbocycles. The van der Waals surface area contributed by atoms with Crippen LogP contribution in [-0.2, 0) is 16.0 Å². The van der Waals surface area contributed by atoms with Gasteiger partial charge in [0.05, 0.1) is 18.7 Å². The first-order valence-electron chi connectivity index (χ1n) is 4.58. The summed E-state index contributed by atoms with van der Waals surface area (Å²) in [6.07, 6.45) is -4.84. The molecule has 0 bridgehead atoms. The van der Waals surface area contributed by atoms with Crippen molar-refractivity contribution in [3.8, 4) is 11.8 Å². The van der Waals surface area contributed by atoms with Crippen LogP contribution in [0, 0.1) is 11.3 Å². The second-order valence-electron chi connectivity index (χ2n) is 3.25. The van der Waals surface area contributed by atoms with Crippen molar-refractivity contribution in [3.63, 3.8) is 0 Å². The minimum Gasteiger partial charge on any atom is -0.495 e. The monoisotopic (exact) mass is 279 g/mol. The van der Waals surface area contributed by atoms with Gasteiger partial charge in [0.15, 0.2) is 9.84 Å². The van der Waals surface area contributed by atoms with Gasteiger partial charge in [0.2, 0.25) is 0 Å². The van der Waals surface area contributed by atoms with Crippen molar-refractivity contribution in [2.24, 2.45) is 0 Å². The summed E-state index contributed by atoms with van der Waals surface area (Å²) in [5.74, 6) is -1.48. The molecule has 0 atom stereocenters. The lowest BCUT2D eigenvalue weighted by Crippen LogP contribution is -2.16. The van der Waals surface area contributed by atoms with E-state index in [-0.39, 0.29) is 0 Å². The fourth-order valence-corrected chi connectivity index (χ4v) is 2.67. The highest BCUT2D eigenvalue weighted by atomic mass is 32.2. The van der Waals surface area contributed by atoms with Crippen LogP contribution in [0.3, 0.4) is 0 Å². The molecule has 1 rings (SSSR count). The smallest absolute Gasteiger partial charge is 0.417 e. The number of alkyl halides is 3. The second-order valence-corrected chi connectivity index (χ2v) is 5.18. The van der Waals surface area contributed by atoms with Crippen LogP contribution >= 0.6 is 0 Å². The molecule has 0 aliphatic rings. The van der Waals surface area contributed by atoms with Crippen LogP contribution in [0.15, 0.2) is 23.1 Å². The molecule has 0 aliphatic carbocycles. The van der Waals surface area contributed by atoms with Crippen LogP contribution in [0.2, 0.25) is 0 Å². The molecule has 0 N–H and O–H groups in total. The summed E-state index contributed by atoms with van der Waals surface area (Å²) in [5, 5.41) is 8.37. The molecule has 0 aliphatic heterocycles. The third kappa shape index (κ3) is 2.73. The highest BCUT2D eigenvalue weighted by Gasteiger charge is 2.39. The Kier molecular flexibility index (Phi) is 3.86. The first-order chi connectivity index (χ1) is 8.24. The average molecular weight is 279 g/mol. The highest BCUT2D eigenvalue weighted by molar-refractivity contribution is 7.91. The van der Waals surface area contributed by atoms with Crippen LogP contribution in [-0.4, -0.2) is 21.3 Å². The molecular weight excluding hydrogens is 271 g/mol. The number of rotatable bonds is 3. The number of sulfone groups is 1. The van der Waals surface area contributed by atoms with Crippen LogP contribution in [0.1, 0.15) is 5.56 Å². The number of nitrogens with zero attached hydrogens (tertiary/aromatic N) is 1. The van der Waals surface area contributed by atoms with Crippen LogP contribution in [0.4, 0.5) is 13.2 Å². The maximum absolute atomic E-state index is 12.7. The molecule has 1 aromatic carbocycles. The first kappa shape index (κ1) is 14.3. The van der Waals surface area contributed by atoms with Crippen molar-refractivity contribution in [1.82, 2.24) is 0 Å². The Hall–Kier alpha value is -1.75. The zero-order valence-corrected chi connectivity index (χ0v) is 9.97. The Labute approximate surface area is 102 Å². The third-order valence-electron chi connectivity index (χ3n) is 2.07. The van der Waals surface area contributed by atoms with E-state index in [1.54, 1.807) is 0 Å². The number of nitriles is 1. The Bertz CT molecular complexity index is 587. The van der Waals surface area contributed by atoms with Crippen LogP contribution < -0.4 is 4.74 Å². The van der Waals surface area contributed by atoms with E-state index in [0.29, 0.717) is 6.07 Å². The summed E-state index contributed by atoms with van der Waals surface area (Å²) in [7, 11) is -3.32. The van der Waals surface area contributed by atoms with Crippen molar-refractivity contribution in [2.75, 3.05) is 12.9 Å². The lowest BCUT2D eigenvalue weighted by Gasteiger charge is -2.15. The lowest BCUT2D eigenvalue weighted by molar-refractivity contribution is -0.140. The largest absolute Gasteiger partial charge is 0.495 e. The predicted octanol–water partition coefficient (Wildman–Crippen LogP) is 2.01. The molecule has 0 unspecified atom stereocenters. The zero-order chi connectivity index (χ0) is 14.0. The Morgan fingerprint density at radius 1 is 1.39 bits per heavy atom. The van der Waals surface area contributed by atoms with Crippen molar-refractivity contribution in [2.45, 2.75) is 11.1 Å². The van der Waals surface area contributed by atoms with Gasteiger partial charge in [-0.05, 0) is 12.1 Å². The van der Waals surface area contributed by atoms with E-state index in [1.165, 1.54) is 6.07 Å². The van der Waals surface area contributed by atoms with Gasteiger partial charge in [-0.2, -0.15) is 18.4 Å². The van der Waals surface area contributed by atoms with E-state index in [4.69, 9.17) is 5.26 Å². The van der Waals surface area contributed by atoms with Gasteiger partial charge in [-0.3, -0.25) is 0 Å². The predicted molar refractivity (Wildman–Crippen MR) is 55.7 cm³/mol. The van der Waals surface area contributed by atoms with E-state index in [2.05, 4.69) is 4.74 Å². The van der Waals surface area contributed by atoms with Gasteiger partial charge in [0, 0.05) is 0 Å². The molecule has 18 heavy (non-hydrogen) atoms. The Morgan fingerprint density at radius 2 is 2.00 bits per heavy atom. The van der Waals surface area contributed by atoms with Gasteiger partial charge in [0.25, 0.3) is 0 Å². The van der Waals surface area contributed by atoms with E-state index >= 15 is 0 Å². The molecule has 0 saturated heterocycles. The summed E-state index contributed by atoms with van der Waals surface area (Å²) in [6.45, 7) is 0. The molecule has 1 aromatic rings. The number of hydrogen-bond acceptors (Lipinski definition) is 4. The van der Waals surface area contributed by atoms with E-state index in [0.717, 1.165) is 19.2 Å². The SMILES string of the molecule is COc1cccc(C(F)(F)F)c1S(=O)(=O)CC#N. The van der Waals surface area contributed by atoms with Crippen LogP contribution in [0.25, 0.3) is 0 Å². The fourth-order valence-electron chi connectivity index (χ4n) is 1.38. The van der Waals surface area contributed by atoms with E-state index < -0.39 is 38.0 Å². The molecule has 0 fully saturated rings. The van der Waals surface area contributed by atoms with Gasteiger partial charge < -0.3 is 4.74 Å². The van der Waals surface area contributed by atoms with Crippen LogP contribution in [0.5, 0.6) is 5.75 Å².